The van der Waals surface area contributed by atoms with Crippen molar-refractivity contribution in [2.24, 2.45) is 5.92 Å². The molecular formula is C27H34N2O3. The van der Waals surface area contributed by atoms with E-state index in [1.807, 2.05) is 49.6 Å². The van der Waals surface area contributed by atoms with Gasteiger partial charge >= 0.3 is 0 Å². The van der Waals surface area contributed by atoms with Gasteiger partial charge in [-0.3, -0.25) is 4.79 Å². The number of benzene rings is 2. The second kappa shape index (κ2) is 8.53. The summed E-state index contributed by atoms with van der Waals surface area (Å²) >= 11 is 0. The fraction of sp³-hybridized carbons (Fsp3) is 0.519. The van der Waals surface area contributed by atoms with E-state index >= 15 is 0 Å². The highest BCUT2D eigenvalue weighted by Gasteiger charge is 2.59. The number of piperidine rings is 1. The maximum absolute atomic E-state index is 12.9. The number of aromatic hydroxyl groups is 1. The molecule has 2 saturated carbocycles. The summed E-state index contributed by atoms with van der Waals surface area (Å²) in [7, 11) is 1.85. The van der Waals surface area contributed by atoms with Gasteiger partial charge in [0.25, 0.3) is 5.91 Å². The molecule has 3 fully saturated rings. The molecule has 2 aromatic carbocycles. The number of nitrogens with one attached hydrogen (secondary N) is 1. The van der Waals surface area contributed by atoms with Gasteiger partial charge in [0.1, 0.15) is 5.75 Å². The summed E-state index contributed by atoms with van der Waals surface area (Å²) in [4.78, 5) is 15.5. The molecule has 0 aromatic heterocycles. The predicted molar refractivity (Wildman–Crippen MR) is 125 cm³/mol. The predicted octanol–water partition coefficient (Wildman–Crippen LogP) is 4.11. The molecule has 1 saturated heterocycles. The number of carbonyl (C=O) groups is 1. The lowest BCUT2D eigenvalue weighted by atomic mass is 9.55. The Labute approximate surface area is 190 Å². The third-order valence-corrected chi connectivity index (χ3v) is 8.07. The summed E-state index contributed by atoms with van der Waals surface area (Å²) < 4.78 is 6.41. The largest absolute Gasteiger partial charge is 0.508 e. The van der Waals surface area contributed by atoms with E-state index in [9.17, 15) is 9.90 Å². The number of rotatable bonds is 6. The van der Waals surface area contributed by atoms with Gasteiger partial charge in [0.2, 0.25) is 0 Å². The lowest BCUT2D eigenvalue weighted by molar-refractivity contribution is -0.148. The second-order valence-electron chi connectivity index (χ2n) is 10.0. The molecule has 2 aromatic rings. The molecule has 0 spiro atoms. The van der Waals surface area contributed by atoms with Crippen LogP contribution >= 0.6 is 0 Å². The topological polar surface area (TPSA) is 61.8 Å². The Hall–Kier alpha value is -2.37. The zero-order valence-electron chi connectivity index (χ0n) is 18.9. The first-order chi connectivity index (χ1) is 15.5. The summed E-state index contributed by atoms with van der Waals surface area (Å²) in [6.07, 6.45) is 6.27. The van der Waals surface area contributed by atoms with Crippen molar-refractivity contribution in [1.29, 1.82) is 0 Å². The molecule has 3 atom stereocenters. The Bertz CT molecular complexity index is 960. The number of amides is 1. The Morgan fingerprint density at radius 2 is 1.94 bits per heavy atom. The van der Waals surface area contributed by atoms with Crippen LogP contribution in [0, 0.1) is 5.92 Å². The number of hydrogen-bond donors (Lipinski definition) is 2. The fourth-order valence-corrected chi connectivity index (χ4v) is 6.20. The quantitative estimate of drug-likeness (QED) is 0.718. The third kappa shape index (κ3) is 3.93. The number of nitrogens with zero attached hydrogens (tertiary/aromatic N) is 1. The van der Waals surface area contributed by atoms with E-state index in [1.165, 1.54) is 12.8 Å². The van der Waals surface area contributed by atoms with Crippen LogP contribution in [-0.2, 0) is 10.2 Å². The average molecular weight is 435 g/mol. The van der Waals surface area contributed by atoms with Gasteiger partial charge in [-0.1, -0.05) is 30.3 Å². The van der Waals surface area contributed by atoms with Crippen molar-refractivity contribution in [2.75, 3.05) is 26.7 Å². The molecule has 1 heterocycles. The molecule has 3 aliphatic rings. The molecule has 2 aliphatic carbocycles. The first-order valence-corrected chi connectivity index (χ1v) is 12.0. The standard InChI is InChI=1S/C27H34N2O3/c1-32-27-13-12-23(28-25(31)21-6-3-2-4-7-21)17-26(27,22-8-5-9-24(30)16-22)14-15-29(19-27)18-20-10-11-20/h2-9,16,20,23,30H,10-15,17-19H2,1H3,(H,28,31)/t23-,26-,27-/m0/s1. The molecule has 0 radical (unpaired) electrons. The van der Waals surface area contributed by atoms with E-state index in [0.29, 0.717) is 5.56 Å². The highest BCUT2D eigenvalue weighted by atomic mass is 16.5. The smallest absolute Gasteiger partial charge is 0.251 e. The zero-order valence-corrected chi connectivity index (χ0v) is 18.9. The first kappa shape index (κ1) is 21.5. The molecule has 1 aliphatic heterocycles. The third-order valence-electron chi connectivity index (χ3n) is 8.07. The van der Waals surface area contributed by atoms with E-state index in [2.05, 4.69) is 16.3 Å². The van der Waals surface area contributed by atoms with Crippen molar-refractivity contribution in [3.05, 3.63) is 65.7 Å². The van der Waals surface area contributed by atoms with Gasteiger partial charge in [-0.2, -0.15) is 0 Å². The molecule has 0 unspecified atom stereocenters. The van der Waals surface area contributed by atoms with Crippen LogP contribution < -0.4 is 5.32 Å². The summed E-state index contributed by atoms with van der Waals surface area (Å²) in [5, 5.41) is 13.6. The monoisotopic (exact) mass is 434 g/mol. The molecule has 5 rings (SSSR count). The van der Waals surface area contributed by atoms with Crippen LogP contribution in [0.5, 0.6) is 5.75 Å². The maximum atomic E-state index is 12.9. The molecule has 2 N–H and O–H groups in total. The van der Waals surface area contributed by atoms with Gasteiger partial charge in [0.05, 0.1) is 5.60 Å². The molecule has 5 nitrogen and oxygen atoms in total. The normalized spacial score (nSPS) is 30.5. The van der Waals surface area contributed by atoms with E-state index in [1.54, 1.807) is 6.07 Å². The number of ether oxygens (including phenoxy) is 1. The lowest BCUT2D eigenvalue weighted by Gasteiger charge is -2.60. The number of methoxy groups -OCH3 is 1. The number of carbonyl (C=O) groups excluding carboxylic acids is 1. The molecule has 5 heteroatoms. The zero-order chi connectivity index (χ0) is 22.2. The van der Waals surface area contributed by atoms with E-state index in [4.69, 9.17) is 4.74 Å². The van der Waals surface area contributed by atoms with Crippen LogP contribution in [0.1, 0.15) is 54.4 Å². The summed E-state index contributed by atoms with van der Waals surface area (Å²) in [6.45, 7) is 3.10. The van der Waals surface area contributed by atoms with Crippen LogP contribution in [-0.4, -0.2) is 54.3 Å². The van der Waals surface area contributed by atoms with Crippen LogP contribution in [0.25, 0.3) is 0 Å². The van der Waals surface area contributed by atoms with Crippen LogP contribution in [0.4, 0.5) is 0 Å². The molecular weight excluding hydrogens is 400 g/mol. The van der Waals surface area contributed by atoms with Gasteiger partial charge in [0.15, 0.2) is 0 Å². The lowest BCUT2D eigenvalue weighted by Crippen LogP contribution is -2.68. The number of fused-ring (bicyclic) bond motifs is 1. The van der Waals surface area contributed by atoms with Crippen molar-refractivity contribution in [3.63, 3.8) is 0 Å². The number of likely N-dealkylation sites (tertiary alicyclic amines) is 1. The summed E-state index contributed by atoms with van der Waals surface area (Å²) in [5.74, 6) is 1.12. The van der Waals surface area contributed by atoms with Crippen LogP contribution in [0.2, 0.25) is 0 Å². The minimum Gasteiger partial charge on any atom is -0.508 e. The van der Waals surface area contributed by atoms with Crippen molar-refractivity contribution >= 4 is 5.91 Å². The van der Waals surface area contributed by atoms with Gasteiger partial charge in [-0.05, 0) is 80.8 Å². The Balaban J connectivity index is 1.45. The maximum Gasteiger partial charge on any atom is 0.251 e. The summed E-state index contributed by atoms with van der Waals surface area (Å²) in [6, 6.07) is 17.2. The number of phenolic OH excluding ortho intramolecular Hbond substituents is 1. The fourth-order valence-electron chi connectivity index (χ4n) is 6.20. The second-order valence-corrected chi connectivity index (χ2v) is 10.0. The average Bonchev–Trinajstić information content (AvgIpc) is 3.63. The Morgan fingerprint density at radius 1 is 1.12 bits per heavy atom. The van der Waals surface area contributed by atoms with Gasteiger partial charge in [0, 0.05) is 37.2 Å². The van der Waals surface area contributed by atoms with E-state index in [0.717, 1.165) is 56.8 Å². The van der Waals surface area contributed by atoms with Gasteiger partial charge in [-0.15, -0.1) is 0 Å². The van der Waals surface area contributed by atoms with Gasteiger partial charge < -0.3 is 20.1 Å². The minimum atomic E-state index is -0.318. The first-order valence-electron chi connectivity index (χ1n) is 12.0. The highest BCUT2D eigenvalue weighted by Crippen LogP contribution is 2.54. The Kier molecular flexibility index (Phi) is 5.72. The molecule has 170 valence electrons. The molecule has 32 heavy (non-hydrogen) atoms. The van der Waals surface area contributed by atoms with E-state index < -0.39 is 0 Å². The van der Waals surface area contributed by atoms with Crippen molar-refractivity contribution in [3.8, 4) is 5.75 Å². The van der Waals surface area contributed by atoms with Gasteiger partial charge in [-0.25, -0.2) is 0 Å². The molecule has 0 bridgehead atoms. The number of phenols is 1. The molecule has 1 amide bonds. The highest BCUT2D eigenvalue weighted by molar-refractivity contribution is 5.94. The summed E-state index contributed by atoms with van der Waals surface area (Å²) in [5.41, 5.74) is 1.26. The van der Waals surface area contributed by atoms with Crippen LogP contribution in [0.3, 0.4) is 0 Å². The Morgan fingerprint density at radius 3 is 2.66 bits per heavy atom. The van der Waals surface area contributed by atoms with Crippen molar-refractivity contribution in [1.82, 2.24) is 10.2 Å². The minimum absolute atomic E-state index is 0.0160. The SMILES string of the molecule is CO[C@]12CC[C@H](NC(=O)c3ccccc3)C[C@]1(c1cccc(O)c1)CCN(CC1CC1)C2. The van der Waals surface area contributed by atoms with E-state index in [-0.39, 0.29) is 28.7 Å². The van der Waals surface area contributed by atoms with Crippen LogP contribution in [0.15, 0.2) is 54.6 Å². The number of hydrogen-bond acceptors (Lipinski definition) is 4. The van der Waals surface area contributed by atoms with Crippen molar-refractivity contribution < 1.29 is 14.6 Å². The van der Waals surface area contributed by atoms with Crippen molar-refractivity contribution in [2.45, 2.75) is 55.6 Å².